The lowest BCUT2D eigenvalue weighted by molar-refractivity contribution is 0.592. The Morgan fingerprint density at radius 2 is 2.00 bits per heavy atom. The second kappa shape index (κ2) is 4.06. The number of nitrogen functional groups attached to an aromatic ring is 1. The summed E-state index contributed by atoms with van der Waals surface area (Å²) in [6.45, 7) is 3.09. The fourth-order valence-electron chi connectivity index (χ4n) is 0.898. The van der Waals surface area contributed by atoms with E-state index in [1.54, 1.807) is 13.8 Å². The standard InChI is InChI=1S/C9H13FN2O2S/c1-6(2)15(13,14)12-9-4-3-7(10)5-8(9)11/h3-6,12H,11H2,1-2H3. The van der Waals surface area contributed by atoms with Gasteiger partial charge in [-0.15, -0.1) is 0 Å². The summed E-state index contributed by atoms with van der Waals surface area (Å²) in [4.78, 5) is 0. The van der Waals surface area contributed by atoms with Crippen molar-refractivity contribution in [3.8, 4) is 0 Å². The summed E-state index contributed by atoms with van der Waals surface area (Å²) in [5.41, 5.74) is 5.73. The first-order valence-electron chi connectivity index (χ1n) is 4.39. The van der Waals surface area contributed by atoms with Gasteiger partial charge in [0.15, 0.2) is 0 Å². The van der Waals surface area contributed by atoms with Crippen molar-refractivity contribution in [1.29, 1.82) is 0 Å². The highest BCUT2D eigenvalue weighted by Crippen LogP contribution is 2.21. The zero-order valence-corrected chi connectivity index (χ0v) is 9.31. The number of benzene rings is 1. The molecule has 0 fully saturated rings. The van der Waals surface area contributed by atoms with Crippen molar-refractivity contribution in [2.75, 3.05) is 10.5 Å². The minimum absolute atomic E-state index is 0.0687. The third kappa shape index (κ3) is 2.82. The molecule has 15 heavy (non-hydrogen) atoms. The first-order chi connectivity index (χ1) is 6.83. The molecule has 4 nitrogen and oxygen atoms in total. The van der Waals surface area contributed by atoms with Crippen LogP contribution in [0.3, 0.4) is 0 Å². The number of anilines is 2. The Hall–Kier alpha value is -1.30. The number of halogens is 1. The summed E-state index contributed by atoms with van der Waals surface area (Å²) in [6.07, 6.45) is 0. The van der Waals surface area contributed by atoms with Gasteiger partial charge in [-0.25, -0.2) is 12.8 Å². The largest absolute Gasteiger partial charge is 0.397 e. The first kappa shape index (κ1) is 11.8. The van der Waals surface area contributed by atoms with Crippen LogP contribution < -0.4 is 10.5 Å². The van der Waals surface area contributed by atoms with E-state index in [1.807, 2.05) is 0 Å². The van der Waals surface area contributed by atoms with Crippen LogP contribution >= 0.6 is 0 Å². The summed E-state index contributed by atoms with van der Waals surface area (Å²) in [6, 6.07) is 3.51. The summed E-state index contributed by atoms with van der Waals surface area (Å²) in [5.74, 6) is -0.500. The van der Waals surface area contributed by atoms with E-state index < -0.39 is 21.1 Å². The van der Waals surface area contributed by atoms with Crippen molar-refractivity contribution in [1.82, 2.24) is 0 Å². The molecule has 3 N–H and O–H groups in total. The van der Waals surface area contributed by atoms with E-state index in [9.17, 15) is 12.8 Å². The van der Waals surface area contributed by atoms with Gasteiger partial charge < -0.3 is 5.73 Å². The Bertz CT molecular complexity index is 457. The lowest BCUT2D eigenvalue weighted by Crippen LogP contribution is -2.23. The Balaban J connectivity index is 3.01. The average molecular weight is 232 g/mol. The molecule has 0 aliphatic carbocycles. The minimum atomic E-state index is -3.44. The molecule has 0 heterocycles. The Morgan fingerprint density at radius 1 is 1.40 bits per heavy atom. The lowest BCUT2D eigenvalue weighted by atomic mass is 10.3. The molecule has 0 unspecified atom stereocenters. The molecule has 6 heteroatoms. The number of hydrogen-bond acceptors (Lipinski definition) is 3. The lowest BCUT2D eigenvalue weighted by Gasteiger charge is -2.12. The van der Waals surface area contributed by atoms with E-state index >= 15 is 0 Å². The molecule has 1 rings (SSSR count). The SMILES string of the molecule is CC(C)S(=O)(=O)Nc1ccc(F)cc1N. The summed E-state index contributed by atoms with van der Waals surface area (Å²) >= 11 is 0. The molecule has 0 bridgehead atoms. The van der Waals surface area contributed by atoms with Gasteiger partial charge in [0, 0.05) is 0 Å². The fraction of sp³-hybridized carbons (Fsp3) is 0.333. The van der Waals surface area contributed by atoms with Gasteiger partial charge in [0.2, 0.25) is 10.0 Å². The van der Waals surface area contributed by atoms with Crippen LogP contribution in [0.1, 0.15) is 13.8 Å². The third-order valence-electron chi connectivity index (χ3n) is 1.89. The van der Waals surface area contributed by atoms with Crippen molar-refractivity contribution in [3.05, 3.63) is 24.0 Å². The molecule has 0 amide bonds. The van der Waals surface area contributed by atoms with Crippen LogP contribution in [0.5, 0.6) is 0 Å². The number of rotatable bonds is 3. The Kier molecular flexibility index (Phi) is 3.18. The van der Waals surface area contributed by atoms with Crippen molar-refractivity contribution in [2.24, 2.45) is 0 Å². The fourth-order valence-corrected chi connectivity index (χ4v) is 1.63. The maximum atomic E-state index is 12.7. The average Bonchev–Trinajstić information content (AvgIpc) is 2.09. The van der Waals surface area contributed by atoms with Crippen LogP contribution in [0.25, 0.3) is 0 Å². The van der Waals surface area contributed by atoms with E-state index in [-0.39, 0.29) is 11.4 Å². The van der Waals surface area contributed by atoms with E-state index in [4.69, 9.17) is 5.73 Å². The quantitative estimate of drug-likeness (QED) is 0.777. The number of hydrogen-bond donors (Lipinski definition) is 2. The monoisotopic (exact) mass is 232 g/mol. The second-order valence-electron chi connectivity index (χ2n) is 3.43. The summed E-state index contributed by atoms with van der Waals surface area (Å²) in [7, 11) is -3.44. The van der Waals surface area contributed by atoms with Crippen molar-refractivity contribution in [2.45, 2.75) is 19.1 Å². The molecule has 1 aromatic carbocycles. The van der Waals surface area contributed by atoms with Gasteiger partial charge >= 0.3 is 0 Å². The third-order valence-corrected chi connectivity index (χ3v) is 3.63. The van der Waals surface area contributed by atoms with Crippen LogP contribution in [-0.4, -0.2) is 13.7 Å². The zero-order chi connectivity index (χ0) is 11.6. The first-order valence-corrected chi connectivity index (χ1v) is 5.94. The molecular weight excluding hydrogens is 219 g/mol. The molecule has 1 aromatic rings. The van der Waals surface area contributed by atoms with Crippen LogP contribution in [-0.2, 0) is 10.0 Å². The molecule has 0 aliphatic heterocycles. The highest BCUT2D eigenvalue weighted by Gasteiger charge is 2.16. The maximum absolute atomic E-state index is 12.7. The minimum Gasteiger partial charge on any atom is -0.397 e. The van der Waals surface area contributed by atoms with E-state index in [0.717, 1.165) is 12.1 Å². The van der Waals surface area contributed by atoms with E-state index in [1.165, 1.54) is 6.07 Å². The smallest absolute Gasteiger partial charge is 0.235 e. The molecule has 0 saturated carbocycles. The van der Waals surface area contributed by atoms with Gasteiger partial charge in [-0.3, -0.25) is 4.72 Å². The highest BCUT2D eigenvalue weighted by atomic mass is 32.2. The summed E-state index contributed by atoms with van der Waals surface area (Å²) in [5, 5.41) is -0.568. The number of sulfonamides is 1. The maximum Gasteiger partial charge on any atom is 0.235 e. The normalized spacial score (nSPS) is 11.7. The highest BCUT2D eigenvalue weighted by molar-refractivity contribution is 7.93. The van der Waals surface area contributed by atoms with E-state index in [0.29, 0.717) is 0 Å². The predicted molar refractivity (Wildman–Crippen MR) is 58.5 cm³/mol. The van der Waals surface area contributed by atoms with Gasteiger partial charge in [0.25, 0.3) is 0 Å². The Labute approximate surface area is 88.3 Å². The van der Waals surface area contributed by atoms with Gasteiger partial charge in [-0.1, -0.05) is 0 Å². The van der Waals surface area contributed by atoms with Crippen molar-refractivity contribution < 1.29 is 12.8 Å². The van der Waals surface area contributed by atoms with Crippen molar-refractivity contribution in [3.63, 3.8) is 0 Å². The van der Waals surface area contributed by atoms with Gasteiger partial charge in [0.1, 0.15) is 5.82 Å². The van der Waals surface area contributed by atoms with Gasteiger partial charge in [-0.2, -0.15) is 0 Å². The molecular formula is C9H13FN2O2S. The topological polar surface area (TPSA) is 72.2 Å². The molecule has 0 aliphatic rings. The van der Waals surface area contributed by atoms with E-state index in [2.05, 4.69) is 4.72 Å². The number of nitrogens with two attached hydrogens (primary N) is 1. The van der Waals surface area contributed by atoms with Crippen LogP contribution in [0, 0.1) is 5.82 Å². The van der Waals surface area contributed by atoms with Crippen LogP contribution in [0.2, 0.25) is 0 Å². The molecule has 0 atom stereocenters. The van der Waals surface area contributed by atoms with Crippen molar-refractivity contribution >= 4 is 21.4 Å². The number of nitrogens with one attached hydrogen (secondary N) is 1. The molecule has 0 aromatic heterocycles. The second-order valence-corrected chi connectivity index (χ2v) is 5.66. The molecule has 0 radical (unpaired) electrons. The molecule has 0 saturated heterocycles. The summed E-state index contributed by atoms with van der Waals surface area (Å²) < 4.78 is 37.9. The van der Waals surface area contributed by atoms with Gasteiger partial charge in [0.05, 0.1) is 16.6 Å². The zero-order valence-electron chi connectivity index (χ0n) is 8.49. The molecule has 84 valence electrons. The Morgan fingerprint density at radius 3 is 2.47 bits per heavy atom. The predicted octanol–water partition coefficient (Wildman–Crippen LogP) is 1.56. The van der Waals surface area contributed by atoms with Gasteiger partial charge in [-0.05, 0) is 32.0 Å². The van der Waals surface area contributed by atoms with Crippen LogP contribution in [0.4, 0.5) is 15.8 Å². The molecule has 0 spiro atoms. The van der Waals surface area contributed by atoms with Crippen LogP contribution in [0.15, 0.2) is 18.2 Å².